The fraction of sp³-hybridized carbons (Fsp3) is 0.476. The summed E-state index contributed by atoms with van der Waals surface area (Å²) in [7, 11) is 0. The number of para-hydroxylation sites is 1. The molecule has 6 nitrogen and oxygen atoms in total. The fourth-order valence-corrected chi connectivity index (χ4v) is 3.17. The van der Waals surface area contributed by atoms with Crippen LogP contribution in [0.15, 0.2) is 36.0 Å². The third kappa shape index (κ3) is 5.33. The number of ether oxygens (including phenoxy) is 1. The number of anilines is 1. The molecular formula is C21H27N3O3. The highest BCUT2D eigenvalue weighted by Gasteiger charge is 2.29. The summed E-state index contributed by atoms with van der Waals surface area (Å²) in [4.78, 5) is 26.1. The van der Waals surface area contributed by atoms with Crippen LogP contribution in [0.3, 0.4) is 0 Å². The number of likely N-dealkylation sites (tertiary alicyclic amines) is 1. The average molecular weight is 369 g/mol. The third-order valence-corrected chi connectivity index (χ3v) is 4.71. The normalized spacial score (nSPS) is 15.4. The topological polar surface area (TPSA) is 82.4 Å². The summed E-state index contributed by atoms with van der Waals surface area (Å²) in [5.74, 6) is -0.355. The maximum Gasteiger partial charge on any atom is 0.309 e. The summed E-state index contributed by atoms with van der Waals surface area (Å²) in [6.45, 7) is 7.23. The van der Waals surface area contributed by atoms with E-state index in [0.29, 0.717) is 38.5 Å². The van der Waals surface area contributed by atoms with Crippen LogP contribution in [0.4, 0.5) is 5.69 Å². The van der Waals surface area contributed by atoms with Gasteiger partial charge in [0.1, 0.15) is 11.6 Å². The van der Waals surface area contributed by atoms with E-state index in [4.69, 9.17) is 4.74 Å². The van der Waals surface area contributed by atoms with Gasteiger partial charge in [-0.15, -0.1) is 0 Å². The Balaban J connectivity index is 2.02. The van der Waals surface area contributed by atoms with Crippen molar-refractivity contribution in [1.82, 2.24) is 4.90 Å². The summed E-state index contributed by atoms with van der Waals surface area (Å²) in [5.41, 5.74) is 2.06. The smallest absolute Gasteiger partial charge is 0.309 e. The first-order chi connectivity index (χ1) is 13.0. The Labute approximate surface area is 160 Å². The van der Waals surface area contributed by atoms with Crippen molar-refractivity contribution in [1.29, 1.82) is 5.26 Å². The maximum atomic E-state index is 12.7. The largest absolute Gasteiger partial charge is 0.466 e. The molecule has 0 aromatic heterocycles. The molecule has 0 spiro atoms. The van der Waals surface area contributed by atoms with Gasteiger partial charge in [-0.05, 0) is 37.3 Å². The van der Waals surface area contributed by atoms with Crippen molar-refractivity contribution < 1.29 is 14.3 Å². The predicted molar refractivity (Wildman–Crippen MR) is 104 cm³/mol. The number of hydrogen-bond donors (Lipinski definition) is 1. The lowest BCUT2D eigenvalue weighted by Gasteiger charge is -2.30. The average Bonchev–Trinajstić information content (AvgIpc) is 2.68. The Hall–Kier alpha value is -2.81. The first-order valence-corrected chi connectivity index (χ1v) is 9.39. The van der Waals surface area contributed by atoms with Crippen molar-refractivity contribution in [3.8, 4) is 6.07 Å². The molecule has 1 aromatic carbocycles. The Morgan fingerprint density at radius 1 is 1.33 bits per heavy atom. The van der Waals surface area contributed by atoms with Crippen molar-refractivity contribution in [3.05, 3.63) is 41.6 Å². The lowest BCUT2D eigenvalue weighted by Crippen LogP contribution is -2.41. The van der Waals surface area contributed by atoms with Gasteiger partial charge in [0, 0.05) is 25.0 Å². The van der Waals surface area contributed by atoms with E-state index in [9.17, 15) is 14.9 Å². The van der Waals surface area contributed by atoms with Gasteiger partial charge in [-0.2, -0.15) is 5.26 Å². The number of nitrogens with one attached hydrogen (secondary N) is 1. The number of nitrogens with zero attached hydrogens (tertiary/aromatic N) is 2. The number of carbonyl (C=O) groups is 2. The zero-order valence-electron chi connectivity index (χ0n) is 16.2. The molecule has 0 unspecified atom stereocenters. The number of hydrogen-bond acceptors (Lipinski definition) is 5. The van der Waals surface area contributed by atoms with E-state index >= 15 is 0 Å². The number of benzene rings is 1. The van der Waals surface area contributed by atoms with Crippen molar-refractivity contribution >= 4 is 17.6 Å². The predicted octanol–water partition coefficient (Wildman–Crippen LogP) is 3.43. The van der Waals surface area contributed by atoms with Crippen LogP contribution in [0.5, 0.6) is 0 Å². The third-order valence-electron chi connectivity index (χ3n) is 4.71. The molecule has 0 saturated carbocycles. The molecule has 0 aliphatic carbocycles. The van der Waals surface area contributed by atoms with E-state index in [1.165, 1.54) is 6.20 Å². The summed E-state index contributed by atoms with van der Waals surface area (Å²) < 4.78 is 5.05. The molecule has 1 N–H and O–H groups in total. The second-order valence-corrected chi connectivity index (χ2v) is 6.87. The highest BCUT2D eigenvalue weighted by atomic mass is 16.5. The minimum Gasteiger partial charge on any atom is -0.466 e. The van der Waals surface area contributed by atoms with Gasteiger partial charge in [-0.1, -0.05) is 32.0 Å². The van der Waals surface area contributed by atoms with Crippen LogP contribution >= 0.6 is 0 Å². The van der Waals surface area contributed by atoms with Gasteiger partial charge in [0.25, 0.3) is 5.91 Å². The number of esters is 1. The Morgan fingerprint density at radius 3 is 2.59 bits per heavy atom. The highest BCUT2D eigenvalue weighted by Crippen LogP contribution is 2.24. The molecule has 1 amide bonds. The molecule has 1 saturated heterocycles. The van der Waals surface area contributed by atoms with Crippen molar-refractivity contribution in [2.45, 2.75) is 39.5 Å². The van der Waals surface area contributed by atoms with Crippen molar-refractivity contribution in [3.63, 3.8) is 0 Å². The van der Waals surface area contributed by atoms with Crippen LogP contribution in [-0.2, 0) is 14.3 Å². The van der Waals surface area contributed by atoms with Crippen molar-refractivity contribution in [2.75, 3.05) is 25.0 Å². The van der Waals surface area contributed by atoms with Crippen LogP contribution in [-0.4, -0.2) is 36.5 Å². The Bertz CT molecular complexity index is 741. The lowest BCUT2D eigenvalue weighted by molar-refractivity contribution is -0.150. The molecule has 1 fully saturated rings. The number of nitriles is 1. The minimum atomic E-state index is -0.311. The quantitative estimate of drug-likeness (QED) is 0.472. The van der Waals surface area contributed by atoms with Gasteiger partial charge >= 0.3 is 5.97 Å². The molecule has 6 heteroatoms. The Kier molecular flexibility index (Phi) is 7.42. The fourth-order valence-electron chi connectivity index (χ4n) is 3.17. The van der Waals surface area contributed by atoms with Crippen LogP contribution in [0.2, 0.25) is 0 Å². The highest BCUT2D eigenvalue weighted by molar-refractivity contribution is 5.97. The molecule has 1 heterocycles. The van der Waals surface area contributed by atoms with E-state index in [0.717, 1.165) is 11.3 Å². The number of carbonyl (C=O) groups excluding carboxylic acids is 2. The summed E-state index contributed by atoms with van der Waals surface area (Å²) in [6.07, 6.45) is 2.60. The second kappa shape index (κ2) is 9.77. The van der Waals surface area contributed by atoms with E-state index in [1.54, 1.807) is 11.8 Å². The zero-order valence-corrected chi connectivity index (χ0v) is 16.2. The van der Waals surface area contributed by atoms with Gasteiger partial charge < -0.3 is 15.0 Å². The van der Waals surface area contributed by atoms with E-state index < -0.39 is 0 Å². The summed E-state index contributed by atoms with van der Waals surface area (Å²) in [6, 6.07) is 9.82. The number of amides is 1. The van der Waals surface area contributed by atoms with Crippen LogP contribution in [0.25, 0.3) is 0 Å². The lowest BCUT2D eigenvalue weighted by atomic mass is 9.96. The van der Waals surface area contributed by atoms with Gasteiger partial charge in [0.05, 0.1) is 12.5 Å². The minimum absolute atomic E-state index is 0.0585. The van der Waals surface area contributed by atoms with Gasteiger partial charge in [0.2, 0.25) is 0 Å². The van der Waals surface area contributed by atoms with Crippen LogP contribution in [0, 0.1) is 17.2 Å². The summed E-state index contributed by atoms with van der Waals surface area (Å²) >= 11 is 0. The number of piperidine rings is 1. The molecule has 0 atom stereocenters. The zero-order chi connectivity index (χ0) is 19.8. The van der Waals surface area contributed by atoms with Gasteiger partial charge in [-0.3, -0.25) is 9.59 Å². The summed E-state index contributed by atoms with van der Waals surface area (Å²) in [5, 5.41) is 12.5. The van der Waals surface area contributed by atoms with Crippen LogP contribution < -0.4 is 5.32 Å². The molecular weight excluding hydrogens is 342 g/mol. The monoisotopic (exact) mass is 369 g/mol. The van der Waals surface area contributed by atoms with E-state index in [1.807, 2.05) is 30.3 Å². The number of rotatable bonds is 6. The molecule has 0 radical (unpaired) electrons. The first-order valence-electron chi connectivity index (χ1n) is 9.39. The molecule has 27 heavy (non-hydrogen) atoms. The van der Waals surface area contributed by atoms with E-state index in [-0.39, 0.29) is 23.4 Å². The molecule has 1 aliphatic rings. The van der Waals surface area contributed by atoms with Gasteiger partial charge in [-0.25, -0.2) is 0 Å². The second-order valence-electron chi connectivity index (χ2n) is 6.87. The molecule has 1 aliphatic heterocycles. The first kappa shape index (κ1) is 20.5. The van der Waals surface area contributed by atoms with Gasteiger partial charge in [0.15, 0.2) is 0 Å². The molecule has 2 rings (SSSR count). The Morgan fingerprint density at radius 2 is 2.00 bits per heavy atom. The molecule has 1 aromatic rings. The van der Waals surface area contributed by atoms with E-state index in [2.05, 4.69) is 19.2 Å². The molecule has 144 valence electrons. The van der Waals surface area contributed by atoms with Crippen molar-refractivity contribution in [2.24, 2.45) is 5.92 Å². The van der Waals surface area contributed by atoms with Crippen LogP contribution in [0.1, 0.15) is 45.1 Å². The standard InChI is InChI=1S/C21H27N3O3/c1-4-27-21(26)16-9-11-24(12-10-16)20(25)17(13-22)14-23-19-8-6-5-7-18(19)15(2)3/h5-8,14-16,23H,4,9-12H2,1-3H3/b17-14-. The molecule has 0 bridgehead atoms. The maximum absolute atomic E-state index is 12.7. The SMILES string of the molecule is CCOC(=O)C1CCN(C(=O)/C(C#N)=C\Nc2ccccc2C(C)C)CC1.